The second-order valence-corrected chi connectivity index (χ2v) is 8.30. The third-order valence-electron chi connectivity index (χ3n) is 3.92. The second kappa shape index (κ2) is 8.01. The van der Waals surface area contributed by atoms with Gasteiger partial charge in [-0.15, -0.1) is 0 Å². The van der Waals surface area contributed by atoms with Crippen LogP contribution in [-0.4, -0.2) is 40.2 Å². The summed E-state index contributed by atoms with van der Waals surface area (Å²) in [7, 11) is 0. The van der Waals surface area contributed by atoms with E-state index in [1.165, 1.54) is 0 Å². The fourth-order valence-corrected chi connectivity index (χ4v) is 3.01. The van der Waals surface area contributed by atoms with Crippen LogP contribution in [0.2, 0.25) is 0 Å². The minimum atomic E-state index is -0.472. The Morgan fingerprint density at radius 2 is 2.08 bits per heavy atom. The van der Waals surface area contributed by atoms with Crippen LogP contribution < -0.4 is 10.6 Å². The minimum Gasteiger partial charge on any atom is -0.444 e. The minimum absolute atomic E-state index is 0.188. The molecule has 2 N–H and O–H groups in total. The molecule has 0 aliphatic carbocycles. The van der Waals surface area contributed by atoms with Gasteiger partial charge in [0, 0.05) is 18.6 Å². The quantitative estimate of drug-likeness (QED) is 0.565. The first-order valence-electron chi connectivity index (χ1n) is 8.31. The number of hydrogen-bond donors (Lipinski definition) is 2. The summed E-state index contributed by atoms with van der Waals surface area (Å²) in [6.07, 6.45) is 3.24. The van der Waals surface area contributed by atoms with Crippen LogP contribution >= 0.6 is 12.2 Å². The Morgan fingerprint density at radius 3 is 2.62 bits per heavy atom. The van der Waals surface area contributed by atoms with E-state index in [1.807, 2.05) is 25.7 Å². The smallest absolute Gasteiger partial charge is 0.410 e. The maximum Gasteiger partial charge on any atom is 0.410 e. The predicted molar refractivity (Wildman–Crippen MR) is 103 cm³/mol. The maximum atomic E-state index is 12.4. The van der Waals surface area contributed by atoms with E-state index in [9.17, 15) is 4.79 Å². The van der Waals surface area contributed by atoms with Crippen molar-refractivity contribution in [2.45, 2.75) is 58.6 Å². The Kier molecular flexibility index (Phi) is 6.84. The molecule has 5 nitrogen and oxygen atoms in total. The highest BCUT2D eigenvalue weighted by molar-refractivity contribution is 7.80. The van der Waals surface area contributed by atoms with E-state index in [-0.39, 0.29) is 11.6 Å². The molecule has 1 unspecified atom stereocenters. The topological polar surface area (TPSA) is 53.6 Å². The van der Waals surface area contributed by atoms with Gasteiger partial charge in [-0.1, -0.05) is 25.4 Å². The summed E-state index contributed by atoms with van der Waals surface area (Å²) in [6.45, 7) is 18.8. The van der Waals surface area contributed by atoms with Gasteiger partial charge in [0.05, 0.1) is 5.82 Å². The van der Waals surface area contributed by atoms with Gasteiger partial charge in [-0.05, 0) is 59.5 Å². The summed E-state index contributed by atoms with van der Waals surface area (Å²) in [4.78, 5) is 14.8. The number of likely N-dealkylation sites (tertiary alicyclic amines) is 1. The average molecular weight is 354 g/mol. The highest BCUT2D eigenvalue weighted by Crippen LogP contribution is 2.35. The molecule has 1 aliphatic heterocycles. The molecule has 0 aromatic carbocycles. The Morgan fingerprint density at radius 1 is 1.46 bits per heavy atom. The Hall–Kier alpha value is -1.56. The lowest BCUT2D eigenvalue weighted by Gasteiger charge is -2.33. The van der Waals surface area contributed by atoms with Crippen LogP contribution in [0.25, 0.3) is 0 Å². The van der Waals surface area contributed by atoms with Crippen molar-refractivity contribution >= 4 is 23.3 Å². The second-order valence-electron chi connectivity index (χ2n) is 7.86. The number of carbonyl (C=O) groups excluding carboxylic acids is 1. The largest absolute Gasteiger partial charge is 0.444 e. The molecule has 1 heterocycles. The van der Waals surface area contributed by atoms with Gasteiger partial charge in [0.25, 0.3) is 0 Å². The van der Waals surface area contributed by atoms with E-state index in [0.29, 0.717) is 23.3 Å². The fraction of sp³-hybridized carbons (Fsp3) is 0.667. The van der Waals surface area contributed by atoms with Crippen LogP contribution in [0.1, 0.15) is 47.5 Å². The number of rotatable bonds is 6. The molecule has 0 spiro atoms. The molecule has 1 aliphatic rings. The standard InChI is InChI=1S/C18H31N3O2S/c1-8-15(24)20-13(2)19-10-9-14-11-18(6,7)21(12-14)16(22)23-17(3,4)5/h8,14,19H,1-2,9-12H2,3-7H3,(H,20,24). The van der Waals surface area contributed by atoms with E-state index < -0.39 is 5.60 Å². The van der Waals surface area contributed by atoms with E-state index in [0.717, 1.165) is 19.4 Å². The van der Waals surface area contributed by atoms with E-state index in [2.05, 4.69) is 37.6 Å². The fourth-order valence-electron chi connectivity index (χ4n) is 2.89. The zero-order valence-electron chi connectivity index (χ0n) is 15.6. The van der Waals surface area contributed by atoms with Gasteiger partial charge in [0.2, 0.25) is 0 Å². The first-order valence-corrected chi connectivity index (χ1v) is 8.72. The number of ether oxygens (including phenoxy) is 1. The monoisotopic (exact) mass is 353 g/mol. The van der Waals surface area contributed by atoms with Crippen LogP contribution in [-0.2, 0) is 4.74 Å². The first kappa shape index (κ1) is 20.5. The van der Waals surface area contributed by atoms with Gasteiger partial charge in [-0.2, -0.15) is 0 Å². The third kappa shape index (κ3) is 6.51. The molecule has 0 aromatic heterocycles. The van der Waals surface area contributed by atoms with E-state index in [4.69, 9.17) is 17.0 Å². The lowest BCUT2D eigenvalue weighted by molar-refractivity contribution is 0.0131. The van der Waals surface area contributed by atoms with Crippen molar-refractivity contribution in [3.63, 3.8) is 0 Å². The molecule has 24 heavy (non-hydrogen) atoms. The number of carbonyl (C=O) groups is 1. The van der Waals surface area contributed by atoms with Gasteiger partial charge in [0.1, 0.15) is 10.6 Å². The van der Waals surface area contributed by atoms with Gasteiger partial charge >= 0.3 is 6.09 Å². The molecule has 1 amide bonds. The van der Waals surface area contributed by atoms with E-state index in [1.54, 1.807) is 6.08 Å². The molecule has 6 heteroatoms. The number of nitrogens with one attached hydrogen (secondary N) is 2. The molecule has 0 aromatic rings. The highest BCUT2D eigenvalue weighted by atomic mass is 32.1. The molecule has 1 atom stereocenters. The molecular weight excluding hydrogens is 322 g/mol. The summed E-state index contributed by atoms with van der Waals surface area (Å²) in [5.74, 6) is 1.10. The highest BCUT2D eigenvalue weighted by Gasteiger charge is 2.42. The van der Waals surface area contributed by atoms with Gasteiger partial charge < -0.3 is 20.3 Å². The van der Waals surface area contributed by atoms with Crippen LogP contribution in [0.3, 0.4) is 0 Å². The Balaban J connectivity index is 2.47. The van der Waals surface area contributed by atoms with Crippen molar-refractivity contribution in [2.75, 3.05) is 13.1 Å². The van der Waals surface area contributed by atoms with Crippen LogP contribution in [0.15, 0.2) is 25.1 Å². The van der Waals surface area contributed by atoms with Crippen LogP contribution in [0.5, 0.6) is 0 Å². The third-order valence-corrected chi connectivity index (χ3v) is 4.19. The zero-order valence-corrected chi connectivity index (χ0v) is 16.4. The summed E-state index contributed by atoms with van der Waals surface area (Å²) >= 11 is 5.02. The van der Waals surface area contributed by atoms with Gasteiger partial charge in [-0.25, -0.2) is 4.79 Å². The lowest BCUT2D eigenvalue weighted by Crippen LogP contribution is -2.45. The number of nitrogens with zero attached hydrogens (tertiary/aromatic N) is 1. The summed E-state index contributed by atoms with van der Waals surface area (Å²) in [5, 5.41) is 6.16. The van der Waals surface area contributed by atoms with Crippen LogP contribution in [0, 0.1) is 5.92 Å². The first-order chi connectivity index (χ1) is 10.9. The average Bonchev–Trinajstić information content (AvgIpc) is 2.71. The zero-order chi connectivity index (χ0) is 18.5. The number of hydrogen-bond acceptors (Lipinski definition) is 4. The predicted octanol–water partition coefficient (Wildman–Crippen LogP) is 3.58. The van der Waals surface area contributed by atoms with Crippen molar-refractivity contribution in [1.29, 1.82) is 0 Å². The molecule has 1 saturated heterocycles. The Bertz CT molecular complexity index is 509. The lowest BCUT2D eigenvalue weighted by atomic mass is 9.94. The van der Waals surface area contributed by atoms with Crippen molar-refractivity contribution in [2.24, 2.45) is 5.92 Å². The normalized spacial score (nSPS) is 19.5. The molecular formula is C18H31N3O2S. The maximum absolute atomic E-state index is 12.4. The van der Waals surface area contributed by atoms with Crippen LogP contribution in [0.4, 0.5) is 4.79 Å². The van der Waals surface area contributed by atoms with Gasteiger partial charge in [0.15, 0.2) is 0 Å². The van der Waals surface area contributed by atoms with E-state index >= 15 is 0 Å². The van der Waals surface area contributed by atoms with Crippen molar-refractivity contribution in [3.05, 3.63) is 25.1 Å². The number of amides is 1. The molecule has 1 fully saturated rings. The molecule has 0 saturated carbocycles. The Labute approximate surface area is 151 Å². The summed E-state index contributed by atoms with van der Waals surface area (Å²) in [5.41, 5.74) is -0.660. The van der Waals surface area contributed by atoms with Crippen molar-refractivity contribution < 1.29 is 9.53 Å². The summed E-state index contributed by atoms with van der Waals surface area (Å²) < 4.78 is 5.53. The molecule has 0 radical (unpaired) electrons. The number of thiocarbonyl (C=S) groups is 1. The van der Waals surface area contributed by atoms with Gasteiger partial charge in [-0.3, -0.25) is 0 Å². The summed E-state index contributed by atoms with van der Waals surface area (Å²) in [6, 6.07) is 0. The molecule has 1 rings (SSSR count). The van der Waals surface area contributed by atoms with Crippen molar-refractivity contribution in [1.82, 2.24) is 15.5 Å². The molecule has 0 bridgehead atoms. The molecule has 136 valence electrons. The van der Waals surface area contributed by atoms with Crippen molar-refractivity contribution in [3.8, 4) is 0 Å². The SMILES string of the molecule is C=CC(=S)NC(=C)NCCC1CN(C(=O)OC(C)(C)C)C(C)(C)C1.